The van der Waals surface area contributed by atoms with E-state index in [1.165, 1.54) is 24.8 Å². The molecule has 20 heavy (non-hydrogen) atoms. The zero-order valence-corrected chi connectivity index (χ0v) is 13.4. The van der Waals surface area contributed by atoms with Crippen molar-refractivity contribution in [1.82, 2.24) is 10.3 Å². The van der Waals surface area contributed by atoms with E-state index in [0.717, 1.165) is 18.9 Å². The minimum Gasteiger partial charge on any atom is -0.353 e. The van der Waals surface area contributed by atoms with E-state index in [-0.39, 0.29) is 0 Å². The molecule has 0 saturated carbocycles. The minimum absolute atomic E-state index is 0.385. The fourth-order valence-electron chi connectivity index (χ4n) is 3.07. The zero-order valence-electron chi connectivity index (χ0n) is 13.4. The van der Waals surface area contributed by atoms with Crippen LogP contribution < -0.4 is 10.2 Å². The summed E-state index contributed by atoms with van der Waals surface area (Å²) in [5.41, 5.74) is 1.28. The first-order valence-electron chi connectivity index (χ1n) is 8.09. The van der Waals surface area contributed by atoms with Gasteiger partial charge in [0.25, 0.3) is 0 Å². The molecular weight excluding hydrogens is 246 g/mol. The van der Waals surface area contributed by atoms with Gasteiger partial charge in [0.15, 0.2) is 0 Å². The van der Waals surface area contributed by atoms with Crippen molar-refractivity contribution in [3.8, 4) is 0 Å². The van der Waals surface area contributed by atoms with Crippen molar-refractivity contribution in [2.24, 2.45) is 5.92 Å². The van der Waals surface area contributed by atoms with Crippen molar-refractivity contribution < 1.29 is 0 Å². The van der Waals surface area contributed by atoms with E-state index in [4.69, 9.17) is 4.98 Å². The molecule has 0 radical (unpaired) electrons. The minimum atomic E-state index is 0.385. The van der Waals surface area contributed by atoms with Crippen molar-refractivity contribution in [1.29, 1.82) is 0 Å². The normalized spacial score (nSPS) is 20.6. The summed E-state index contributed by atoms with van der Waals surface area (Å²) in [5, 5.41) is 3.51. The van der Waals surface area contributed by atoms with Gasteiger partial charge in [-0.1, -0.05) is 26.8 Å². The Kier molecular flexibility index (Phi) is 5.41. The summed E-state index contributed by atoms with van der Waals surface area (Å²) in [6.45, 7) is 11.2. The SMILES string of the molecule is CCCNC(C)c1ccc(N2CCCC2C(C)C)nc1. The van der Waals surface area contributed by atoms with Crippen LogP contribution in [0.4, 0.5) is 5.82 Å². The first kappa shape index (κ1) is 15.3. The summed E-state index contributed by atoms with van der Waals surface area (Å²) < 4.78 is 0. The topological polar surface area (TPSA) is 28.2 Å². The predicted octanol–water partition coefficient (Wildman–Crippen LogP) is 3.77. The van der Waals surface area contributed by atoms with E-state index < -0.39 is 0 Å². The Morgan fingerprint density at radius 2 is 2.15 bits per heavy atom. The number of pyridine rings is 1. The lowest BCUT2D eigenvalue weighted by molar-refractivity contribution is 0.489. The molecule has 1 aliphatic rings. The van der Waals surface area contributed by atoms with Gasteiger partial charge >= 0.3 is 0 Å². The molecule has 1 aromatic heterocycles. The number of rotatable bonds is 6. The molecule has 2 rings (SSSR count). The highest BCUT2D eigenvalue weighted by atomic mass is 15.2. The van der Waals surface area contributed by atoms with Crippen LogP contribution in [0.5, 0.6) is 0 Å². The lowest BCUT2D eigenvalue weighted by atomic mass is 10.0. The van der Waals surface area contributed by atoms with Crippen molar-refractivity contribution in [2.75, 3.05) is 18.0 Å². The first-order valence-corrected chi connectivity index (χ1v) is 8.09. The van der Waals surface area contributed by atoms with Gasteiger partial charge in [0, 0.05) is 24.8 Å². The predicted molar refractivity (Wildman–Crippen MR) is 86.2 cm³/mol. The van der Waals surface area contributed by atoms with Crippen LogP contribution in [0, 0.1) is 5.92 Å². The van der Waals surface area contributed by atoms with Crippen LogP contribution in [-0.2, 0) is 0 Å². The van der Waals surface area contributed by atoms with Gasteiger partial charge in [-0.3, -0.25) is 0 Å². The number of aromatic nitrogens is 1. The lowest BCUT2D eigenvalue weighted by Crippen LogP contribution is -2.34. The molecule has 2 atom stereocenters. The first-order chi connectivity index (χ1) is 9.63. The van der Waals surface area contributed by atoms with Gasteiger partial charge in [0.2, 0.25) is 0 Å². The summed E-state index contributed by atoms with van der Waals surface area (Å²) in [6.07, 6.45) is 5.80. The highest BCUT2D eigenvalue weighted by molar-refractivity contribution is 5.42. The molecule has 1 aliphatic heterocycles. The standard InChI is InChI=1S/C17H29N3/c1-5-10-18-14(4)15-8-9-17(19-12-15)20-11-6-7-16(20)13(2)3/h8-9,12-14,16,18H,5-7,10-11H2,1-4H3. The van der Waals surface area contributed by atoms with Gasteiger partial charge in [-0.25, -0.2) is 4.98 Å². The van der Waals surface area contributed by atoms with Gasteiger partial charge in [0.05, 0.1) is 0 Å². The fourth-order valence-corrected chi connectivity index (χ4v) is 3.07. The molecule has 2 unspecified atom stereocenters. The van der Waals surface area contributed by atoms with Gasteiger partial charge in [0.1, 0.15) is 5.82 Å². The molecular formula is C17H29N3. The summed E-state index contributed by atoms with van der Waals surface area (Å²) in [4.78, 5) is 7.19. The van der Waals surface area contributed by atoms with E-state index in [1.54, 1.807) is 0 Å². The maximum atomic E-state index is 4.71. The second-order valence-electron chi connectivity index (χ2n) is 6.27. The maximum Gasteiger partial charge on any atom is 0.128 e. The van der Waals surface area contributed by atoms with E-state index >= 15 is 0 Å². The molecule has 1 fully saturated rings. The summed E-state index contributed by atoms with van der Waals surface area (Å²) in [5.74, 6) is 1.84. The van der Waals surface area contributed by atoms with E-state index in [1.807, 2.05) is 6.20 Å². The van der Waals surface area contributed by atoms with Gasteiger partial charge < -0.3 is 10.2 Å². The van der Waals surface area contributed by atoms with Crippen LogP contribution in [0.3, 0.4) is 0 Å². The van der Waals surface area contributed by atoms with Crippen LogP contribution in [0.25, 0.3) is 0 Å². The molecule has 0 aromatic carbocycles. The average molecular weight is 275 g/mol. The Morgan fingerprint density at radius 3 is 2.75 bits per heavy atom. The molecule has 0 bridgehead atoms. The number of nitrogens with zero attached hydrogens (tertiary/aromatic N) is 2. The fraction of sp³-hybridized carbons (Fsp3) is 0.706. The quantitative estimate of drug-likeness (QED) is 0.856. The molecule has 3 nitrogen and oxygen atoms in total. The van der Waals surface area contributed by atoms with Crippen molar-refractivity contribution in [3.05, 3.63) is 23.9 Å². The van der Waals surface area contributed by atoms with E-state index in [0.29, 0.717) is 18.0 Å². The van der Waals surface area contributed by atoms with Gasteiger partial charge in [-0.15, -0.1) is 0 Å². The highest BCUT2D eigenvalue weighted by Crippen LogP contribution is 2.28. The molecule has 1 aromatic rings. The number of anilines is 1. The second-order valence-corrected chi connectivity index (χ2v) is 6.27. The van der Waals surface area contributed by atoms with Crippen molar-refractivity contribution >= 4 is 5.82 Å². The Bertz CT molecular complexity index is 399. The van der Waals surface area contributed by atoms with Gasteiger partial charge in [-0.2, -0.15) is 0 Å². The Hall–Kier alpha value is -1.09. The molecule has 0 amide bonds. The average Bonchev–Trinajstić information content (AvgIpc) is 2.94. The van der Waals surface area contributed by atoms with Crippen molar-refractivity contribution in [2.45, 2.75) is 59.0 Å². The third-order valence-electron chi connectivity index (χ3n) is 4.33. The molecule has 112 valence electrons. The number of hydrogen-bond acceptors (Lipinski definition) is 3. The highest BCUT2D eigenvalue weighted by Gasteiger charge is 2.27. The lowest BCUT2D eigenvalue weighted by Gasteiger charge is -2.29. The molecule has 2 heterocycles. The molecule has 0 spiro atoms. The summed E-state index contributed by atoms with van der Waals surface area (Å²) >= 11 is 0. The number of hydrogen-bond donors (Lipinski definition) is 1. The molecule has 1 N–H and O–H groups in total. The second kappa shape index (κ2) is 7.07. The Morgan fingerprint density at radius 1 is 1.35 bits per heavy atom. The smallest absolute Gasteiger partial charge is 0.128 e. The Balaban J connectivity index is 2.04. The molecule has 0 aliphatic carbocycles. The summed E-state index contributed by atoms with van der Waals surface area (Å²) in [6, 6.07) is 5.46. The third kappa shape index (κ3) is 3.51. The van der Waals surface area contributed by atoms with E-state index in [2.05, 4.69) is 50.0 Å². The molecule has 3 heteroatoms. The van der Waals surface area contributed by atoms with Gasteiger partial charge in [-0.05, 0) is 50.3 Å². The zero-order chi connectivity index (χ0) is 14.5. The summed E-state index contributed by atoms with van der Waals surface area (Å²) in [7, 11) is 0. The monoisotopic (exact) mass is 275 g/mol. The Labute approximate surface area is 123 Å². The van der Waals surface area contributed by atoms with Crippen LogP contribution in [0.1, 0.15) is 58.6 Å². The number of nitrogens with one attached hydrogen (secondary N) is 1. The molecule has 1 saturated heterocycles. The van der Waals surface area contributed by atoms with Crippen LogP contribution >= 0.6 is 0 Å². The maximum absolute atomic E-state index is 4.71. The third-order valence-corrected chi connectivity index (χ3v) is 4.33. The van der Waals surface area contributed by atoms with Crippen molar-refractivity contribution in [3.63, 3.8) is 0 Å². The van der Waals surface area contributed by atoms with E-state index in [9.17, 15) is 0 Å². The largest absolute Gasteiger partial charge is 0.353 e. The van der Waals surface area contributed by atoms with Crippen LogP contribution in [0.2, 0.25) is 0 Å². The van der Waals surface area contributed by atoms with Crippen LogP contribution in [0.15, 0.2) is 18.3 Å². The van der Waals surface area contributed by atoms with Crippen LogP contribution in [-0.4, -0.2) is 24.1 Å².